The lowest BCUT2D eigenvalue weighted by molar-refractivity contribution is 0.0992. The van der Waals surface area contributed by atoms with Crippen LogP contribution in [-0.2, 0) is 6.42 Å². The van der Waals surface area contributed by atoms with Crippen molar-refractivity contribution >= 4 is 5.78 Å². The standard InChI is InChI=1S/C15H15NO/c1-11-6-12(2)8-13(7-11)9-15(17)14-4-3-5-16-10-14/h3-8,10H,9H2,1-2H3. The summed E-state index contributed by atoms with van der Waals surface area (Å²) < 4.78 is 0. The zero-order valence-corrected chi connectivity index (χ0v) is 10.1. The smallest absolute Gasteiger partial charge is 0.168 e. The number of carbonyl (C=O) groups excluding carboxylic acids is 1. The third kappa shape index (κ3) is 3.00. The molecule has 0 fully saturated rings. The van der Waals surface area contributed by atoms with Crippen molar-refractivity contribution in [1.82, 2.24) is 4.98 Å². The van der Waals surface area contributed by atoms with Crippen LogP contribution in [0.15, 0.2) is 42.7 Å². The molecule has 0 spiro atoms. The number of hydrogen-bond donors (Lipinski definition) is 0. The second-order valence-electron chi connectivity index (χ2n) is 4.34. The van der Waals surface area contributed by atoms with Crippen LogP contribution < -0.4 is 0 Å². The Labute approximate surface area is 101 Å². The van der Waals surface area contributed by atoms with Gasteiger partial charge < -0.3 is 0 Å². The number of benzene rings is 1. The first-order chi connectivity index (χ1) is 8.15. The highest BCUT2D eigenvalue weighted by Crippen LogP contribution is 2.11. The molecule has 0 N–H and O–H groups in total. The van der Waals surface area contributed by atoms with Gasteiger partial charge in [0.2, 0.25) is 0 Å². The van der Waals surface area contributed by atoms with Crippen LogP contribution in [0.1, 0.15) is 27.0 Å². The van der Waals surface area contributed by atoms with E-state index < -0.39 is 0 Å². The van der Waals surface area contributed by atoms with E-state index in [4.69, 9.17) is 0 Å². The van der Waals surface area contributed by atoms with E-state index in [1.807, 2.05) is 13.8 Å². The normalized spacial score (nSPS) is 10.2. The van der Waals surface area contributed by atoms with Gasteiger partial charge in [-0.15, -0.1) is 0 Å². The first-order valence-electron chi connectivity index (χ1n) is 5.65. The van der Waals surface area contributed by atoms with E-state index in [1.54, 1.807) is 24.5 Å². The molecule has 0 unspecified atom stereocenters. The van der Waals surface area contributed by atoms with Gasteiger partial charge in [0.1, 0.15) is 0 Å². The first kappa shape index (κ1) is 11.5. The van der Waals surface area contributed by atoms with Gasteiger partial charge in [0.15, 0.2) is 5.78 Å². The van der Waals surface area contributed by atoms with Crippen LogP contribution in [0.2, 0.25) is 0 Å². The molecule has 1 aromatic heterocycles. The van der Waals surface area contributed by atoms with Crippen molar-refractivity contribution in [2.45, 2.75) is 20.3 Å². The number of hydrogen-bond acceptors (Lipinski definition) is 2. The van der Waals surface area contributed by atoms with Crippen LogP contribution >= 0.6 is 0 Å². The molecule has 2 aromatic rings. The van der Waals surface area contributed by atoms with E-state index >= 15 is 0 Å². The van der Waals surface area contributed by atoms with Crippen molar-refractivity contribution in [3.8, 4) is 0 Å². The molecule has 0 aliphatic rings. The monoisotopic (exact) mass is 225 g/mol. The summed E-state index contributed by atoms with van der Waals surface area (Å²) in [5.74, 6) is 0.114. The number of Topliss-reactive ketones (excluding diaryl/α,β-unsaturated/α-hetero) is 1. The summed E-state index contributed by atoms with van der Waals surface area (Å²) in [6.45, 7) is 4.09. The Kier molecular flexibility index (Phi) is 3.33. The summed E-state index contributed by atoms with van der Waals surface area (Å²) in [6, 6.07) is 9.81. The van der Waals surface area contributed by atoms with Crippen LogP contribution in [0.3, 0.4) is 0 Å². The number of carbonyl (C=O) groups is 1. The Hall–Kier alpha value is -1.96. The van der Waals surface area contributed by atoms with Gasteiger partial charge in [0.05, 0.1) is 0 Å². The molecule has 2 nitrogen and oxygen atoms in total. The lowest BCUT2D eigenvalue weighted by Crippen LogP contribution is -2.04. The van der Waals surface area contributed by atoms with Crippen molar-refractivity contribution in [1.29, 1.82) is 0 Å². The van der Waals surface area contributed by atoms with Gasteiger partial charge in [0.25, 0.3) is 0 Å². The summed E-state index contributed by atoms with van der Waals surface area (Å²) >= 11 is 0. The average molecular weight is 225 g/mol. The molecule has 17 heavy (non-hydrogen) atoms. The van der Waals surface area contributed by atoms with E-state index in [9.17, 15) is 4.79 Å². The van der Waals surface area contributed by atoms with Gasteiger partial charge in [-0.05, 0) is 31.5 Å². The van der Waals surface area contributed by atoms with Gasteiger partial charge in [-0.2, -0.15) is 0 Å². The topological polar surface area (TPSA) is 30.0 Å². The summed E-state index contributed by atoms with van der Waals surface area (Å²) in [4.78, 5) is 16.0. The van der Waals surface area contributed by atoms with E-state index in [2.05, 4.69) is 23.2 Å². The number of aryl methyl sites for hydroxylation is 2. The number of aromatic nitrogens is 1. The van der Waals surface area contributed by atoms with Gasteiger partial charge in [0, 0.05) is 24.4 Å². The number of pyridine rings is 1. The molecule has 1 aromatic carbocycles. The summed E-state index contributed by atoms with van der Waals surface area (Å²) in [5.41, 5.74) is 4.13. The molecule has 2 heteroatoms. The fraction of sp³-hybridized carbons (Fsp3) is 0.200. The summed E-state index contributed by atoms with van der Waals surface area (Å²) in [7, 11) is 0. The van der Waals surface area contributed by atoms with E-state index in [-0.39, 0.29) is 5.78 Å². The summed E-state index contributed by atoms with van der Waals surface area (Å²) in [6.07, 6.45) is 3.73. The van der Waals surface area contributed by atoms with E-state index in [0.29, 0.717) is 12.0 Å². The van der Waals surface area contributed by atoms with Crippen molar-refractivity contribution < 1.29 is 4.79 Å². The molecule has 1 heterocycles. The fourth-order valence-corrected chi connectivity index (χ4v) is 1.99. The van der Waals surface area contributed by atoms with Gasteiger partial charge >= 0.3 is 0 Å². The fourth-order valence-electron chi connectivity index (χ4n) is 1.99. The second kappa shape index (κ2) is 4.91. The molecular weight excluding hydrogens is 210 g/mol. The number of nitrogens with zero attached hydrogens (tertiary/aromatic N) is 1. The lowest BCUT2D eigenvalue weighted by atomic mass is 10.0. The third-order valence-corrected chi connectivity index (χ3v) is 2.63. The average Bonchev–Trinajstić information content (AvgIpc) is 2.28. The largest absolute Gasteiger partial charge is 0.294 e. The van der Waals surface area contributed by atoms with Gasteiger partial charge in [-0.1, -0.05) is 29.3 Å². The zero-order chi connectivity index (χ0) is 12.3. The van der Waals surface area contributed by atoms with E-state index in [0.717, 1.165) is 5.56 Å². The molecule has 0 saturated carbocycles. The SMILES string of the molecule is Cc1cc(C)cc(CC(=O)c2cccnc2)c1. The molecule has 0 saturated heterocycles. The van der Waals surface area contributed by atoms with Crippen LogP contribution in [0.4, 0.5) is 0 Å². The Balaban J connectivity index is 2.19. The Morgan fingerprint density at radius 3 is 2.47 bits per heavy atom. The van der Waals surface area contributed by atoms with Crippen molar-refractivity contribution in [3.05, 3.63) is 65.0 Å². The lowest BCUT2D eigenvalue weighted by Gasteiger charge is -2.04. The van der Waals surface area contributed by atoms with Crippen LogP contribution in [-0.4, -0.2) is 10.8 Å². The first-order valence-corrected chi connectivity index (χ1v) is 5.65. The molecule has 0 aliphatic heterocycles. The molecule has 86 valence electrons. The molecule has 0 atom stereocenters. The number of ketones is 1. The minimum Gasteiger partial charge on any atom is -0.294 e. The quantitative estimate of drug-likeness (QED) is 0.751. The number of rotatable bonds is 3. The Morgan fingerprint density at radius 1 is 1.18 bits per heavy atom. The van der Waals surface area contributed by atoms with Crippen molar-refractivity contribution in [2.24, 2.45) is 0 Å². The summed E-state index contributed by atoms with van der Waals surface area (Å²) in [5, 5.41) is 0. The highest BCUT2D eigenvalue weighted by atomic mass is 16.1. The maximum atomic E-state index is 12.0. The van der Waals surface area contributed by atoms with Crippen LogP contribution in [0.5, 0.6) is 0 Å². The predicted molar refractivity (Wildman–Crippen MR) is 68.2 cm³/mol. The van der Waals surface area contributed by atoms with Crippen molar-refractivity contribution in [3.63, 3.8) is 0 Å². The van der Waals surface area contributed by atoms with Gasteiger partial charge in [-0.3, -0.25) is 9.78 Å². The van der Waals surface area contributed by atoms with Crippen LogP contribution in [0, 0.1) is 13.8 Å². The minimum atomic E-state index is 0.114. The Bertz CT molecular complexity index is 512. The van der Waals surface area contributed by atoms with E-state index in [1.165, 1.54) is 11.1 Å². The molecule has 0 bridgehead atoms. The second-order valence-corrected chi connectivity index (χ2v) is 4.34. The highest BCUT2D eigenvalue weighted by molar-refractivity contribution is 5.97. The third-order valence-electron chi connectivity index (χ3n) is 2.63. The predicted octanol–water partition coefficient (Wildman–Crippen LogP) is 3.12. The minimum absolute atomic E-state index is 0.114. The molecule has 0 amide bonds. The van der Waals surface area contributed by atoms with Crippen LogP contribution in [0.25, 0.3) is 0 Å². The van der Waals surface area contributed by atoms with Crippen molar-refractivity contribution in [2.75, 3.05) is 0 Å². The highest BCUT2D eigenvalue weighted by Gasteiger charge is 2.07. The van der Waals surface area contributed by atoms with Gasteiger partial charge in [-0.25, -0.2) is 0 Å². The maximum Gasteiger partial charge on any atom is 0.168 e. The molecule has 2 rings (SSSR count). The maximum absolute atomic E-state index is 12.0. The Morgan fingerprint density at radius 2 is 1.88 bits per heavy atom. The zero-order valence-electron chi connectivity index (χ0n) is 10.1. The molecule has 0 radical (unpaired) electrons. The molecular formula is C15H15NO. The molecule has 0 aliphatic carbocycles.